The van der Waals surface area contributed by atoms with Gasteiger partial charge in [0.2, 0.25) is 11.8 Å². The SMILES string of the molecule is O=C1[C@@H]2[C@H]3C=C[C@@](CO)(O3)[C@H]2C(=O)N1c1ccccc1I. The predicted molar refractivity (Wildman–Crippen MR) is 82.5 cm³/mol. The van der Waals surface area contributed by atoms with E-state index in [4.69, 9.17) is 4.74 Å². The Morgan fingerprint density at radius 3 is 2.76 bits per heavy atom. The van der Waals surface area contributed by atoms with Crippen LogP contribution in [0, 0.1) is 15.4 Å². The quantitative estimate of drug-likeness (QED) is 0.461. The van der Waals surface area contributed by atoms with Crippen molar-refractivity contribution in [3.05, 3.63) is 40.0 Å². The number of hydrogen-bond donors (Lipinski definition) is 1. The zero-order valence-electron chi connectivity index (χ0n) is 10.9. The van der Waals surface area contributed by atoms with Crippen LogP contribution < -0.4 is 4.90 Å². The smallest absolute Gasteiger partial charge is 0.241 e. The maximum Gasteiger partial charge on any atom is 0.241 e. The van der Waals surface area contributed by atoms with Gasteiger partial charge < -0.3 is 9.84 Å². The third-order valence-corrected chi connectivity index (χ3v) is 5.41. The third-order valence-electron chi connectivity index (χ3n) is 4.50. The van der Waals surface area contributed by atoms with Gasteiger partial charge in [0, 0.05) is 3.57 Å². The molecule has 0 aromatic heterocycles. The largest absolute Gasteiger partial charge is 0.393 e. The normalized spacial score (nSPS) is 36.7. The van der Waals surface area contributed by atoms with Gasteiger partial charge in [-0.1, -0.05) is 24.3 Å². The van der Waals surface area contributed by atoms with Crippen LogP contribution in [0.25, 0.3) is 0 Å². The molecule has 5 nitrogen and oxygen atoms in total. The van der Waals surface area contributed by atoms with Crippen LogP contribution >= 0.6 is 22.6 Å². The Morgan fingerprint density at radius 2 is 2.05 bits per heavy atom. The van der Waals surface area contributed by atoms with Crippen LogP contribution in [0.15, 0.2) is 36.4 Å². The molecule has 3 heterocycles. The molecule has 108 valence electrons. The lowest BCUT2D eigenvalue weighted by Gasteiger charge is -2.26. The molecule has 0 saturated carbocycles. The molecule has 0 spiro atoms. The summed E-state index contributed by atoms with van der Waals surface area (Å²) in [6.45, 7) is -0.292. The maximum absolute atomic E-state index is 12.8. The predicted octanol–water partition coefficient (Wildman–Crippen LogP) is 1.10. The molecule has 2 fully saturated rings. The highest BCUT2D eigenvalue weighted by molar-refractivity contribution is 14.1. The molecule has 1 aromatic rings. The Labute approximate surface area is 134 Å². The van der Waals surface area contributed by atoms with Gasteiger partial charge in [-0.3, -0.25) is 9.59 Å². The molecule has 2 saturated heterocycles. The molecule has 2 amide bonds. The molecule has 0 unspecified atom stereocenters. The van der Waals surface area contributed by atoms with Crippen LogP contribution in [0.3, 0.4) is 0 Å². The van der Waals surface area contributed by atoms with E-state index in [0.717, 1.165) is 3.57 Å². The van der Waals surface area contributed by atoms with E-state index in [-0.39, 0.29) is 18.4 Å². The van der Waals surface area contributed by atoms with Gasteiger partial charge in [-0.2, -0.15) is 0 Å². The van der Waals surface area contributed by atoms with E-state index in [0.29, 0.717) is 5.69 Å². The number of imide groups is 1. The van der Waals surface area contributed by atoms with Crippen molar-refractivity contribution in [1.29, 1.82) is 0 Å². The second-order valence-corrected chi connectivity index (χ2v) is 6.68. The maximum atomic E-state index is 12.8. The molecule has 2 bridgehead atoms. The molecule has 1 N–H and O–H groups in total. The first-order valence-electron chi connectivity index (χ1n) is 6.69. The molecule has 4 atom stereocenters. The number of fused-ring (bicyclic) bond motifs is 5. The molecule has 3 aliphatic heterocycles. The summed E-state index contributed by atoms with van der Waals surface area (Å²) in [5.41, 5.74) is -0.424. The number of para-hydroxylation sites is 1. The zero-order chi connectivity index (χ0) is 14.8. The molecule has 4 rings (SSSR count). The van der Waals surface area contributed by atoms with Crippen molar-refractivity contribution in [1.82, 2.24) is 0 Å². The van der Waals surface area contributed by atoms with Crippen LogP contribution in [0.4, 0.5) is 5.69 Å². The number of ether oxygens (including phenoxy) is 1. The average Bonchev–Trinajstić information content (AvgIpc) is 3.12. The molecule has 1 aromatic carbocycles. The van der Waals surface area contributed by atoms with Gasteiger partial charge in [-0.25, -0.2) is 4.90 Å². The summed E-state index contributed by atoms with van der Waals surface area (Å²) in [5, 5.41) is 9.65. The lowest BCUT2D eigenvalue weighted by atomic mass is 9.77. The summed E-state index contributed by atoms with van der Waals surface area (Å²) in [6.07, 6.45) is 3.09. The monoisotopic (exact) mass is 397 g/mol. The number of hydrogen-bond acceptors (Lipinski definition) is 4. The number of amides is 2. The molecule has 6 heteroatoms. The summed E-state index contributed by atoms with van der Waals surface area (Å²) in [4.78, 5) is 26.7. The fourth-order valence-electron chi connectivity index (χ4n) is 3.55. The van der Waals surface area contributed by atoms with Crippen LogP contribution in [0.5, 0.6) is 0 Å². The fraction of sp³-hybridized carbons (Fsp3) is 0.333. The molecular formula is C15H12INO4. The van der Waals surface area contributed by atoms with E-state index in [9.17, 15) is 14.7 Å². The van der Waals surface area contributed by atoms with Gasteiger partial charge in [0.15, 0.2) is 0 Å². The van der Waals surface area contributed by atoms with Gasteiger partial charge in [0.25, 0.3) is 0 Å². The third kappa shape index (κ3) is 1.58. The van der Waals surface area contributed by atoms with Gasteiger partial charge in [0.05, 0.1) is 30.2 Å². The highest BCUT2D eigenvalue weighted by atomic mass is 127. The Kier molecular flexibility index (Phi) is 2.79. The van der Waals surface area contributed by atoms with Crippen molar-refractivity contribution in [3.8, 4) is 0 Å². The summed E-state index contributed by atoms with van der Waals surface area (Å²) < 4.78 is 6.54. The first-order chi connectivity index (χ1) is 10.1. The summed E-state index contributed by atoms with van der Waals surface area (Å²) in [6, 6.07) is 7.29. The number of nitrogens with zero attached hydrogens (tertiary/aromatic N) is 1. The standard InChI is InChI=1S/C15H12INO4/c16-8-3-1-2-4-9(8)17-13(19)11-10-5-6-15(7-18,21-10)12(11)14(17)20/h1-6,10-12,18H,7H2/t10-,11-,12-,15+/m1/s1. The van der Waals surface area contributed by atoms with E-state index in [2.05, 4.69) is 22.6 Å². The van der Waals surface area contributed by atoms with Crippen molar-refractivity contribution in [2.75, 3.05) is 11.5 Å². The molecule has 21 heavy (non-hydrogen) atoms. The first kappa shape index (κ1) is 13.4. The van der Waals surface area contributed by atoms with E-state index >= 15 is 0 Å². The van der Waals surface area contributed by atoms with Gasteiger partial charge >= 0.3 is 0 Å². The Balaban J connectivity index is 1.81. The minimum Gasteiger partial charge on any atom is -0.393 e. The Bertz CT molecular complexity index is 688. The summed E-state index contributed by atoms with van der Waals surface area (Å²) in [5.74, 6) is -1.67. The summed E-state index contributed by atoms with van der Waals surface area (Å²) in [7, 11) is 0. The van der Waals surface area contributed by atoms with Crippen molar-refractivity contribution >= 4 is 40.1 Å². The zero-order valence-corrected chi connectivity index (χ0v) is 13.1. The molecule has 3 aliphatic rings. The Hall–Kier alpha value is -1.25. The molecular weight excluding hydrogens is 385 g/mol. The lowest BCUT2D eigenvalue weighted by molar-refractivity contribution is -0.128. The number of anilines is 1. The number of halogens is 1. The first-order valence-corrected chi connectivity index (χ1v) is 7.77. The van der Waals surface area contributed by atoms with Crippen molar-refractivity contribution in [2.45, 2.75) is 11.7 Å². The van der Waals surface area contributed by atoms with Crippen LogP contribution in [0.2, 0.25) is 0 Å². The van der Waals surface area contributed by atoms with Crippen LogP contribution in [-0.2, 0) is 14.3 Å². The van der Waals surface area contributed by atoms with Gasteiger partial charge in [0.1, 0.15) is 5.60 Å². The highest BCUT2D eigenvalue weighted by Gasteiger charge is 2.67. The van der Waals surface area contributed by atoms with Crippen molar-refractivity contribution in [2.24, 2.45) is 11.8 Å². The van der Waals surface area contributed by atoms with E-state index in [1.54, 1.807) is 24.3 Å². The van der Waals surface area contributed by atoms with E-state index < -0.39 is 23.5 Å². The fourth-order valence-corrected chi connectivity index (χ4v) is 4.18. The minimum atomic E-state index is -1.03. The van der Waals surface area contributed by atoms with Crippen LogP contribution in [-0.4, -0.2) is 35.2 Å². The number of carbonyl (C=O) groups excluding carboxylic acids is 2. The minimum absolute atomic E-state index is 0.237. The van der Waals surface area contributed by atoms with E-state index in [1.807, 2.05) is 12.1 Å². The summed E-state index contributed by atoms with van der Waals surface area (Å²) >= 11 is 2.11. The van der Waals surface area contributed by atoms with Gasteiger partial charge in [-0.05, 0) is 34.7 Å². The highest BCUT2D eigenvalue weighted by Crippen LogP contribution is 2.52. The second-order valence-electron chi connectivity index (χ2n) is 5.52. The average molecular weight is 397 g/mol. The number of rotatable bonds is 2. The topological polar surface area (TPSA) is 66.8 Å². The second kappa shape index (κ2) is 4.37. The molecule has 0 radical (unpaired) electrons. The van der Waals surface area contributed by atoms with Gasteiger partial charge in [-0.15, -0.1) is 0 Å². The number of aliphatic hydroxyl groups excluding tert-OH is 1. The van der Waals surface area contributed by atoms with Crippen molar-refractivity contribution < 1.29 is 19.4 Å². The number of carbonyl (C=O) groups is 2. The number of aliphatic hydroxyl groups is 1. The van der Waals surface area contributed by atoms with Crippen molar-refractivity contribution in [3.63, 3.8) is 0 Å². The van der Waals surface area contributed by atoms with Crippen LogP contribution in [0.1, 0.15) is 0 Å². The molecule has 0 aliphatic carbocycles. The van der Waals surface area contributed by atoms with E-state index in [1.165, 1.54) is 4.90 Å². The Morgan fingerprint density at radius 1 is 1.29 bits per heavy atom. The number of benzene rings is 1. The lowest BCUT2D eigenvalue weighted by Crippen LogP contribution is -2.43.